The largest absolute Gasteiger partial charge is 0.306 e. The van der Waals surface area contributed by atoms with Gasteiger partial charge >= 0.3 is 0 Å². The highest BCUT2D eigenvalue weighted by Gasteiger charge is 2.56. The van der Waals surface area contributed by atoms with Crippen molar-refractivity contribution in [3.63, 3.8) is 0 Å². The van der Waals surface area contributed by atoms with Crippen LogP contribution < -0.4 is 14.2 Å². The average molecular weight is 459 g/mol. The number of carbonyl (C=O) groups excluding carboxylic acids is 2. The van der Waals surface area contributed by atoms with Crippen LogP contribution in [0.4, 0.5) is 17.1 Å². The van der Waals surface area contributed by atoms with Crippen LogP contribution >= 0.6 is 7.44 Å². The van der Waals surface area contributed by atoms with Crippen LogP contribution in [0, 0.1) is 6.92 Å². The standard InChI is InChI=1S/C26H26N3O3P/c1-20-13-15-23(16-14-20)29-25(30)19-24(26(29)31)33(32)27(21-9-4-2-5-10-21)17-8-18-28(33)22-11-6-3-7-12-22/h2-7,9-16,24H,8,17-19H2,1H3. The number of hydrogen-bond donors (Lipinski definition) is 0. The minimum absolute atomic E-state index is 0.0728. The van der Waals surface area contributed by atoms with Crippen LogP contribution in [0.5, 0.6) is 0 Å². The molecule has 0 saturated carbocycles. The molecule has 2 aliphatic rings. The topological polar surface area (TPSA) is 60.9 Å². The van der Waals surface area contributed by atoms with Gasteiger partial charge in [0, 0.05) is 30.9 Å². The SMILES string of the molecule is Cc1ccc(N2C(=O)CC(P3(=O)N(c4ccccc4)CCCN3c3ccccc3)C2=O)cc1. The maximum absolute atomic E-state index is 15.1. The monoisotopic (exact) mass is 459 g/mol. The zero-order valence-corrected chi connectivity index (χ0v) is 19.4. The van der Waals surface area contributed by atoms with Crippen LogP contribution in [-0.2, 0) is 14.2 Å². The maximum Gasteiger partial charge on any atom is 0.275 e. The molecule has 0 bridgehead atoms. The molecule has 1 atom stereocenters. The number of rotatable bonds is 4. The highest BCUT2D eigenvalue weighted by molar-refractivity contribution is 7.69. The smallest absolute Gasteiger partial charge is 0.275 e. The molecule has 2 fully saturated rings. The number of anilines is 3. The predicted octanol–water partition coefficient (Wildman–Crippen LogP) is 5.24. The van der Waals surface area contributed by atoms with E-state index in [2.05, 4.69) is 0 Å². The van der Waals surface area contributed by atoms with Crippen molar-refractivity contribution in [1.82, 2.24) is 0 Å². The second-order valence-corrected chi connectivity index (χ2v) is 11.3. The Morgan fingerprint density at radius 3 is 1.76 bits per heavy atom. The zero-order chi connectivity index (χ0) is 23.0. The van der Waals surface area contributed by atoms with Gasteiger partial charge in [0.25, 0.3) is 7.44 Å². The third kappa shape index (κ3) is 3.65. The van der Waals surface area contributed by atoms with Crippen LogP contribution in [0.3, 0.4) is 0 Å². The highest BCUT2D eigenvalue weighted by Crippen LogP contribution is 2.64. The van der Waals surface area contributed by atoms with Gasteiger partial charge < -0.3 is 9.34 Å². The van der Waals surface area contributed by atoms with Crippen LogP contribution in [0.25, 0.3) is 0 Å². The van der Waals surface area contributed by atoms with E-state index >= 15 is 4.57 Å². The van der Waals surface area contributed by atoms with E-state index in [0.717, 1.165) is 23.4 Å². The molecule has 168 valence electrons. The molecule has 3 aromatic rings. The molecular formula is C26H26N3O3P. The van der Waals surface area contributed by atoms with Crippen molar-refractivity contribution in [3.8, 4) is 0 Å². The average Bonchev–Trinajstić information content (AvgIpc) is 3.15. The molecule has 0 aliphatic carbocycles. The molecular weight excluding hydrogens is 433 g/mol. The molecule has 0 N–H and O–H groups in total. The Hall–Kier alpha value is -3.37. The van der Waals surface area contributed by atoms with Crippen molar-refractivity contribution in [2.75, 3.05) is 27.3 Å². The molecule has 7 heteroatoms. The molecule has 33 heavy (non-hydrogen) atoms. The maximum atomic E-state index is 15.1. The quantitative estimate of drug-likeness (QED) is 0.395. The van der Waals surface area contributed by atoms with Crippen LogP contribution in [0.1, 0.15) is 18.4 Å². The second kappa shape index (κ2) is 8.53. The van der Waals surface area contributed by atoms with E-state index in [0.29, 0.717) is 18.8 Å². The summed E-state index contributed by atoms with van der Waals surface area (Å²) in [6.07, 6.45) is 0.723. The Morgan fingerprint density at radius 2 is 1.24 bits per heavy atom. The van der Waals surface area contributed by atoms with Gasteiger partial charge in [-0.3, -0.25) is 14.2 Å². The lowest BCUT2D eigenvalue weighted by molar-refractivity contribution is -0.121. The number of carbonyl (C=O) groups is 2. The van der Waals surface area contributed by atoms with Crippen LogP contribution in [0.2, 0.25) is 0 Å². The van der Waals surface area contributed by atoms with Crippen LogP contribution in [0.15, 0.2) is 84.9 Å². The molecule has 2 aliphatic heterocycles. The van der Waals surface area contributed by atoms with E-state index in [-0.39, 0.29) is 12.3 Å². The molecule has 0 aromatic heterocycles. The van der Waals surface area contributed by atoms with Crippen molar-refractivity contribution in [2.24, 2.45) is 0 Å². The number of aryl methyl sites for hydroxylation is 1. The van der Waals surface area contributed by atoms with E-state index in [4.69, 9.17) is 0 Å². The summed E-state index contributed by atoms with van der Waals surface area (Å²) < 4.78 is 18.9. The Balaban J connectivity index is 1.61. The number of amides is 2. The summed E-state index contributed by atoms with van der Waals surface area (Å²) in [5.41, 5.74) is 2.23. The summed E-state index contributed by atoms with van der Waals surface area (Å²) in [5.74, 6) is -0.702. The Bertz CT molecular complexity index is 1160. The van der Waals surface area contributed by atoms with E-state index in [1.165, 1.54) is 4.90 Å². The zero-order valence-electron chi connectivity index (χ0n) is 18.5. The Kier molecular flexibility index (Phi) is 5.55. The number of benzene rings is 3. The first-order valence-electron chi connectivity index (χ1n) is 11.2. The van der Waals surface area contributed by atoms with Crippen molar-refractivity contribution >= 4 is 36.3 Å². The Morgan fingerprint density at radius 1 is 0.727 bits per heavy atom. The lowest BCUT2D eigenvalue weighted by Gasteiger charge is -2.47. The number of hydrogen-bond acceptors (Lipinski definition) is 3. The second-order valence-electron chi connectivity index (χ2n) is 8.48. The summed E-state index contributed by atoms with van der Waals surface area (Å²) >= 11 is 0. The molecule has 0 spiro atoms. The lowest BCUT2D eigenvalue weighted by atomic mass is 10.2. The molecule has 1 unspecified atom stereocenters. The minimum Gasteiger partial charge on any atom is -0.306 e. The van der Waals surface area contributed by atoms with E-state index < -0.39 is 19.0 Å². The molecule has 2 saturated heterocycles. The van der Waals surface area contributed by atoms with Gasteiger partial charge in [0.05, 0.1) is 5.69 Å². The van der Waals surface area contributed by atoms with Crippen molar-refractivity contribution < 1.29 is 14.2 Å². The number of nitrogens with zero attached hydrogens (tertiary/aromatic N) is 3. The van der Waals surface area contributed by atoms with Gasteiger partial charge in [-0.15, -0.1) is 0 Å². The van der Waals surface area contributed by atoms with Gasteiger partial charge in [-0.05, 0) is 49.7 Å². The van der Waals surface area contributed by atoms with Crippen molar-refractivity contribution in [3.05, 3.63) is 90.5 Å². The fraction of sp³-hybridized carbons (Fsp3) is 0.231. The van der Waals surface area contributed by atoms with Gasteiger partial charge in [-0.2, -0.15) is 0 Å². The van der Waals surface area contributed by atoms with Gasteiger partial charge in [0.2, 0.25) is 11.8 Å². The molecule has 6 nitrogen and oxygen atoms in total. The summed E-state index contributed by atoms with van der Waals surface area (Å²) in [5, 5.41) is 0. The fourth-order valence-corrected chi connectivity index (χ4v) is 8.27. The number of imide groups is 1. The molecule has 2 heterocycles. The first kappa shape index (κ1) is 21.5. The molecule has 3 aromatic carbocycles. The van der Waals surface area contributed by atoms with Gasteiger partial charge in [0.15, 0.2) is 0 Å². The van der Waals surface area contributed by atoms with Crippen molar-refractivity contribution in [2.45, 2.75) is 25.4 Å². The highest BCUT2D eigenvalue weighted by atomic mass is 31.2. The van der Waals surface area contributed by atoms with E-state index in [9.17, 15) is 9.59 Å². The van der Waals surface area contributed by atoms with Gasteiger partial charge in [-0.25, -0.2) is 4.90 Å². The van der Waals surface area contributed by atoms with E-state index in [1.54, 1.807) is 12.1 Å². The van der Waals surface area contributed by atoms with Gasteiger partial charge in [-0.1, -0.05) is 54.1 Å². The molecule has 5 rings (SSSR count). The fourth-order valence-electron chi connectivity index (χ4n) is 4.76. The lowest BCUT2D eigenvalue weighted by Crippen LogP contribution is -2.46. The van der Waals surface area contributed by atoms with Gasteiger partial charge in [0.1, 0.15) is 5.66 Å². The number of para-hydroxylation sites is 2. The summed E-state index contributed by atoms with van der Waals surface area (Å²) in [6.45, 7) is 3.08. The first-order valence-corrected chi connectivity index (χ1v) is 12.9. The third-order valence-electron chi connectivity index (χ3n) is 6.36. The summed E-state index contributed by atoms with van der Waals surface area (Å²) in [4.78, 5) is 28.1. The third-order valence-corrected chi connectivity index (χ3v) is 9.82. The molecule has 2 amide bonds. The summed E-state index contributed by atoms with van der Waals surface area (Å²) in [7, 11) is -3.53. The summed E-state index contributed by atoms with van der Waals surface area (Å²) in [6, 6.07) is 26.4. The normalized spacial score (nSPS) is 20.4. The predicted molar refractivity (Wildman–Crippen MR) is 132 cm³/mol. The Labute approximate surface area is 193 Å². The molecule has 0 radical (unpaired) electrons. The van der Waals surface area contributed by atoms with Crippen molar-refractivity contribution in [1.29, 1.82) is 0 Å². The first-order chi connectivity index (χ1) is 16.0. The van der Waals surface area contributed by atoms with Crippen LogP contribution in [-0.4, -0.2) is 30.6 Å². The van der Waals surface area contributed by atoms with E-state index in [1.807, 2.05) is 89.1 Å². The minimum atomic E-state index is -3.53.